The molecule has 2 rings (SSSR count). The first-order valence-electron chi connectivity index (χ1n) is 6.74. The number of benzene rings is 1. The zero-order chi connectivity index (χ0) is 18.8. The molecule has 0 saturated heterocycles. The van der Waals surface area contributed by atoms with E-state index in [1.807, 2.05) is 0 Å². The van der Waals surface area contributed by atoms with Crippen LogP contribution in [0.5, 0.6) is 0 Å². The Morgan fingerprint density at radius 1 is 1.28 bits per heavy atom. The van der Waals surface area contributed by atoms with E-state index in [0.29, 0.717) is 5.82 Å². The predicted molar refractivity (Wildman–Crippen MR) is 93.9 cm³/mol. The molecule has 0 unspecified atom stereocenters. The molecule has 1 heterocycles. The van der Waals surface area contributed by atoms with Crippen LogP contribution in [0.4, 0.5) is 24.7 Å². The van der Waals surface area contributed by atoms with Gasteiger partial charge in [-0.05, 0) is 40.2 Å². The van der Waals surface area contributed by atoms with Gasteiger partial charge in [0, 0.05) is 18.9 Å². The van der Waals surface area contributed by atoms with Gasteiger partial charge in [0.25, 0.3) is 5.91 Å². The molecule has 0 bridgehead atoms. The van der Waals surface area contributed by atoms with Crippen molar-refractivity contribution in [3.8, 4) is 0 Å². The minimum atomic E-state index is -4.45. The van der Waals surface area contributed by atoms with Crippen LogP contribution in [0.1, 0.15) is 21.5 Å². The summed E-state index contributed by atoms with van der Waals surface area (Å²) in [7, 11) is 1.58. The fraction of sp³-hybridized carbons (Fsp3) is 0.133. The molecule has 10 heteroatoms. The molecule has 0 spiro atoms. The molecular weight excluding hydrogens is 425 g/mol. The van der Waals surface area contributed by atoms with Gasteiger partial charge in [-0.3, -0.25) is 10.2 Å². The lowest BCUT2D eigenvalue weighted by Gasteiger charge is -2.13. The van der Waals surface area contributed by atoms with E-state index in [-0.39, 0.29) is 26.5 Å². The largest absolute Gasteiger partial charge is 0.416 e. The zero-order valence-corrected chi connectivity index (χ0v) is 15.0. The van der Waals surface area contributed by atoms with Gasteiger partial charge in [0.15, 0.2) is 0 Å². The molecule has 0 atom stereocenters. The summed E-state index contributed by atoms with van der Waals surface area (Å²) in [5, 5.41) is 12.9. The predicted octanol–water partition coefficient (Wildman–Crippen LogP) is 4.77. The van der Waals surface area contributed by atoms with Gasteiger partial charge < -0.3 is 10.6 Å². The molecule has 0 radical (unpaired) electrons. The number of hydrogen-bond donors (Lipinski definition) is 3. The first-order chi connectivity index (χ1) is 11.6. The smallest absolute Gasteiger partial charge is 0.373 e. The number of alkyl halides is 3. The van der Waals surface area contributed by atoms with Gasteiger partial charge in [-0.1, -0.05) is 11.6 Å². The number of hydrogen-bond acceptors (Lipinski definition) is 4. The molecule has 0 aliphatic rings. The highest BCUT2D eigenvalue weighted by molar-refractivity contribution is 9.18. The third kappa shape index (κ3) is 4.29. The summed E-state index contributed by atoms with van der Waals surface area (Å²) in [5.41, 5.74) is -0.468. The standard InChI is InChI=1S/C15H11BrClF3N4O/c1-22-13-10(12(16)21)11(17)9(6-23-13)14(25)24-8-4-2-7(3-5-8)15(18,19)20/h2-6,21H,1H3,(H,22,23)(H,24,25). The highest BCUT2D eigenvalue weighted by Crippen LogP contribution is 2.31. The Kier molecular flexibility index (Phi) is 5.69. The summed E-state index contributed by atoms with van der Waals surface area (Å²) in [6.45, 7) is 0. The van der Waals surface area contributed by atoms with Gasteiger partial charge in [-0.25, -0.2) is 4.98 Å². The van der Waals surface area contributed by atoms with Crippen molar-refractivity contribution in [2.75, 3.05) is 17.7 Å². The van der Waals surface area contributed by atoms with Crippen molar-refractivity contribution in [1.82, 2.24) is 4.98 Å². The molecule has 0 saturated carbocycles. The van der Waals surface area contributed by atoms with Crippen LogP contribution in [-0.2, 0) is 6.18 Å². The summed E-state index contributed by atoms with van der Waals surface area (Å²) in [6.07, 6.45) is -3.24. The van der Waals surface area contributed by atoms with Crippen LogP contribution in [0.25, 0.3) is 0 Å². The molecule has 25 heavy (non-hydrogen) atoms. The van der Waals surface area contributed by atoms with E-state index in [9.17, 15) is 18.0 Å². The lowest BCUT2D eigenvalue weighted by molar-refractivity contribution is -0.137. The minimum absolute atomic E-state index is 0.00867. The van der Waals surface area contributed by atoms with Crippen molar-refractivity contribution in [3.63, 3.8) is 0 Å². The van der Waals surface area contributed by atoms with Crippen LogP contribution < -0.4 is 10.6 Å². The Hall–Kier alpha value is -2.13. The van der Waals surface area contributed by atoms with Crippen molar-refractivity contribution in [2.45, 2.75) is 6.18 Å². The Labute approximate surface area is 154 Å². The second-order valence-corrected chi connectivity index (χ2v) is 5.97. The van der Waals surface area contributed by atoms with Gasteiger partial charge in [0.05, 0.1) is 21.7 Å². The van der Waals surface area contributed by atoms with Crippen molar-refractivity contribution in [3.05, 3.63) is 52.2 Å². The van der Waals surface area contributed by atoms with Gasteiger partial charge in [0.2, 0.25) is 0 Å². The second kappa shape index (κ2) is 7.40. The monoisotopic (exact) mass is 434 g/mol. The Morgan fingerprint density at radius 3 is 2.36 bits per heavy atom. The third-order valence-corrected chi connectivity index (χ3v) is 3.98. The molecule has 3 N–H and O–H groups in total. The number of rotatable bonds is 4. The summed E-state index contributed by atoms with van der Waals surface area (Å²) in [5.74, 6) is -0.354. The molecule has 1 amide bonds. The second-order valence-electron chi connectivity index (χ2n) is 4.80. The SMILES string of the molecule is CNc1ncc(C(=O)Nc2ccc(C(F)(F)F)cc2)c(Cl)c1C(=N)Br. The average molecular weight is 436 g/mol. The Bertz CT molecular complexity index is 825. The van der Waals surface area contributed by atoms with Crippen LogP contribution in [0.2, 0.25) is 5.02 Å². The molecule has 132 valence electrons. The Balaban J connectivity index is 2.30. The topological polar surface area (TPSA) is 77.9 Å². The van der Waals surface area contributed by atoms with Crippen LogP contribution >= 0.6 is 27.5 Å². The maximum Gasteiger partial charge on any atom is 0.416 e. The maximum atomic E-state index is 12.5. The van der Waals surface area contributed by atoms with E-state index in [1.54, 1.807) is 7.05 Å². The van der Waals surface area contributed by atoms with Crippen molar-refractivity contribution < 1.29 is 18.0 Å². The number of carbonyl (C=O) groups excluding carboxylic acids is 1. The third-order valence-electron chi connectivity index (χ3n) is 3.19. The van der Waals surface area contributed by atoms with Crippen LogP contribution in [0, 0.1) is 5.41 Å². The first kappa shape index (κ1) is 19.2. The molecular formula is C15H11BrClF3N4O. The van der Waals surface area contributed by atoms with Crippen molar-refractivity contribution >= 4 is 49.6 Å². The lowest BCUT2D eigenvalue weighted by Crippen LogP contribution is -2.15. The molecule has 0 aliphatic heterocycles. The molecule has 1 aromatic heterocycles. The molecule has 1 aromatic carbocycles. The first-order valence-corrected chi connectivity index (χ1v) is 7.91. The number of pyridine rings is 1. The Morgan fingerprint density at radius 2 is 1.88 bits per heavy atom. The number of carbonyl (C=O) groups is 1. The van der Waals surface area contributed by atoms with E-state index < -0.39 is 17.6 Å². The number of nitrogens with one attached hydrogen (secondary N) is 3. The van der Waals surface area contributed by atoms with Crippen LogP contribution in [-0.4, -0.2) is 22.6 Å². The minimum Gasteiger partial charge on any atom is -0.373 e. The summed E-state index contributed by atoms with van der Waals surface area (Å²) >= 11 is 9.16. The van der Waals surface area contributed by atoms with Gasteiger partial charge in [0.1, 0.15) is 10.4 Å². The summed E-state index contributed by atoms with van der Waals surface area (Å²) in [4.78, 5) is 16.3. The van der Waals surface area contributed by atoms with E-state index >= 15 is 0 Å². The fourth-order valence-corrected chi connectivity index (χ4v) is 2.80. The van der Waals surface area contributed by atoms with Gasteiger partial charge in [-0.15, -0.1) is 0 Å². The fourth-order valence-electron chi connectivity index (χ4n) is 1.98. The van der Waals surface area contributed by atoms with E-state index in [4.69, 9.17) is 17.0 Å². The van der Waals surface area contributed by atoms with Crippen molar-refractivity contribution in [1.29, 1.82) is 5.41 Å². The van der Waals surface area contributed by atoms with Crippen LogP contribution in [0.3, 0.4) is 0 Å². The number of aromatic nitrogens is 1. The lowest BCUT2D eigenvalue weighted by atomic mass is 10.1. The number of nitrogens with zero attached hydrogens (tertiary/aromatic N) is 1. The zero-order valence-electron chi connectivity index (χ0n) is 12.6. The van der Waals surface area contributed by atoms with Crippen LogP contribution in [0.15, 0.2) is 30.5 Å². The average Bonchev–Trinajstić information content (AvgIpc) is 2.53. The van der Waals surface area contributed by atoms with Gasteiger partial charge >= 0.3 is 6.18 Å². The number of amides is 1. The molecule has 2 aromatic rings. The summed E-state index contributed by atoms with van der Waals surface area (Å²) in [6, 6.07) is 3.99. The van der Waals surface area contributed by atoms with Gasteiger partial charge in [-0.2, -0.15) is 13.2 Å². The van der Waals surface area contributed by atoms with E-state index in [0.717, 1.165) is 24.3 Å². The molecule has 0 fully saturated rings. The highest BCUT2D eigenvalue weighted by Gasteiger charge is 2.30. The molecule has 0 aliphatic carbocycles. The number of halogens is 5. The number of anilines is 2. The highest BCUT2D eigenvalue weighted by atomic mass is 79.9. The van der Waals surface area contributed by atoms with Crippen molar-refractivity contribution in [2.24, 2.45) is 0 Å². The van der Waals surface area contributed by atoms with E-state index in [1.165, 1.54) is 6.20 Å². The quantitative estimate of drug-likeness (QED) is 0.606. The normalized spacial score (nSPS) is 11.1. The molecule has 5 nitrogen and oxygen atoms in total. The summed E-state index contributed by atoms with van der Waals surface area (Å²) < 4.78 is 37.6. The van der Waals surface area contributed by atoms with E-state index in [2.05, 4.69) is 31.5 Å². The maximum absolute atomic E-state index is 12.5.